The molecule has 214 valence electrons. The van der Waals surface area contributed by atoms with Crippen molar-refractivity contribution in [3.63, 3.8) is 0 Å². The lowest BCUT2D eigenvalue weighted by molar-refractivity contribution is 1.24. The molecule has 45 heavy (non-hydrogen) atoms. The van der Waals surface area contributed by atoms with Gasteiger partial charge in [-0.3, -0.25) is 0 Å². The summed E-state index contributed by atoms with van der Waals surface area (Å²) in [6.07, 6.45) is 0. The van der Waals surface area contributed by atoms with E-state index in [-0.39, 0.29) is 0 Å². The van der Waals surface area contributed by atoms with Gasteiger partial charge in [0.05, 0.1) is 0 Å². The molecule has 0 saturated carbocycles. The van der Waals surface area contributed by atoms with Crippen molar-refractivity contribution < 1.29 is 0 Å². The SMILES string of the molecule is Cc1ccc(N(c2ccc(-c3ccc(-c4ccccc4)cc3)cc2)c2ccc3ccc4c5ccccc5ccc4c3c2)c(C)c1. The number of fused-ring (bicyclic) bond motifs is 5. The fourth-order valence-corrected chi connectivity index (χ4v) is 6.72. The van der Waals surface area contributed by atoms with E-state index in [2.05, 4.69) is 183 Å². The molecule has 1 heteroatoms. The summed E-state index contributed by atoms with van der Waals surface area (Å²) in [7, 11) is 0. The van der Waals surface area contributed by atoms with Gasteiger partial charge >= 0.3 is 0 Å². The normalized spacial score (nSPS) is 11.3. The Morgan fingerprint density at radius 2 is 0.889 bits per heavy atom. The molecule has 8 rings (SSSR count). The van der Waals surface area contributed by atoms with E-state index in [1.165, 1.54) is 71.4 Å². The molecule has 8 aromatic carbocycles. The van der Waals surface area contributed by atoms with Crippen LogP contribution in [0.25, 0.3) is 54.6 Å². The van der Waals surface area contributed by atoms with E-state index in [4.69, 9.17) is 0 Å². The van der Waals surface area contributed by atoms with Gasteiger partial charge in [-0.2, -0.15) is 0 Å². The highest BCUT2D eigenvalue weighted by molar-refractivity contribution is 6.17. The molecular formula is C44H33N. The van der Waals surface area contributed by atoms with E-state index in [1.807, 2.05) is 0 Å². The molecule has 0 spiro atoms. The van der Waals surface area contributed by atoms with Crippen molar-refractivity contribution in [3.05, 3.63) is 175 Å². The van der Waals surface area contributed by atoms with Gasteiger partial charge in [-0.1, -0.05) is 139 Å². The maximum absolute atomic E-state index is 2.40. The monoisotopic (exact) mass is 575 g/mol. The summed E-state index contributed by atoms with van der Waals surface area (Å²) in [4.78, 5) is 2.40. The first kappa shape index (κ1) is 26.9. The van der Waals surface area contributed by atoms with Gasteiger partial charge in [-0.15, -0.1) is 0 Å². The number of nitrogens with zero attached hydrogens (tertiary/aromatic N) is 1. The molecular weight excluding hydrogens is 542 g/mol. The van der Waals surface area contributed by atoms with Gasteiger partial charge in [0, 0.05) is 17.1 Å². The molecule has 0 aliphatic heterocycles. The van der Waals surface area contributed by atoms with E-state index in [0.717, 1.165) is 11.4 Å². The maximum Gasteiger partial charge on any atom is 0.0490 e. The molecule has 0 atom stereocenters. The zero-order valence-electron chi connectivity index (χ0n) is 25.5. The molecule has 0 unspecified atom stereocenters. The second-order valence-corrected chi connectivity index (χ2v) is 12.0. The zero-order chi connectivity index (χ0) is 30.3. The molecule has 0 saturated heterocycles. The highest BCUT2D eigenvalue weighted by Crippen LogP contribution is 2.40. The predicted octanol–water partition coefficient (Wildman–Crippen LogP) is 12.6. The molecule has 0 bridgehead atoms. The Morgan fingerprint density at radius 3 is 1.58 bits per heavy atom. The highest BCUT2D eigenvalue weighted by Gasteiger charge is 2.16. The number of rotatable bonds is 5. The van der Waals surface area contributed by atoms with Crippen molar-refractivity contribution in [2.45, 2.75) is 13.8 Å². The van der Waals surface area contributed by atoms with Gasteiger partial charge in [0.25, 0.3) is 0 Å². The third kappa shape index (κ3) is 4.93. The van der Waals surface area contributed by atoms with Gasteiger partial charge in [-0.25, -0.2) is 0 Å². The van der Waals surface area contributed by atoms with Crippen LogP contribution in [-0.2, 0) is 0 Å². The third-order valence-electron chi connectivity index (χ3n) is 9.03. The minimum atomic E-state index is 1.14. The van der Waals surface area contributed by atoms with E-state index in [1.54, 1.807) is 0 Å². The van der Waals surface area contributed by atoms with Crippen LogP contribution < -0.4 is 4.90 Å². The lowest BCUT2D eigenvalue weighted by atomic mass is 9.96. The average molecular weight is 576 g/mol. The van der Waals surface area contributed by atoms with Crippen molar-refractivity contribution in [1.29, 1.82) is 0 Å². The molecule has 0 radical (unpaired) electrons. The largest absolute Gasteiger partial charge is 0.310 e. The second kappa shape index (κ2) is 11.1. The number of benzene rings is 8. The van der Waals surface area contributed by atoms with Crippen molar-refractivity contribution in [2.24, 2.45) is 0 Å². The molecule has 0 heterocycles. The summed E-state index contributed by atoms with van der Waals surface area (Å²) < 4.78 is 0. The van der Waals surface area contributed by atoms with Crippen LogP contribution in [0.5, 0.6) is 0 Å². The van der Waals surface area contributed by atoms with Gasteiger partial charge < -0.3 is 4.90 Å². The fraction of sp³-hybridized carbons (Fsp3) is 0.0455. The molecule has 1 nitrogen and oxygen atoms in total. The van der Waals surface area contributed by atoms with E-state index < -0.39 is 0 Å². The van der Waals surface area contributed by atoms with Crippen molar-refractivity contribution in [3.8, 4) is 22.3 Å². The Labute approximate surface area is 264 Å². The number of anilines is 3. The summed E-state index contributed by atoms with van der Waals surface area (Å²) in [5, 5.41) is 7.64. The number of hydrogen-bond acceptors (Lipinski definition) is 1. The van der Waals surface area contributed by atoms with Crippen LogP contribution in [0, 0.1) is 13.8 Å². The first-order valence-electron chi connectivity index (χ1n) is 15.6. The van der Waals surface area contributed by atoms with Crippen molar-refractivity contribution >= 4 is 49.4 Å². The maximum atomic E-state index is 2.40. The van der Waals surface area contributed by atoms with Gasteiger partial charge in [0.15, 0.2) is 0 Å². The Kier molecular flexibility index (Phi) is 6.65. The van der Waals surface area contributed by atoms with Crippen LogP contribution in [0.4, 0.5) is 17.1 Å². The van der Waals surface area contributed by atoms with Crippen molar-refractivity contribution in [1.82, 2.24) is 0 Å². The number of aryl methyl sites for hydroxylation is 2. The molecule has 0 amide bonds. The summed E-state index contributed by atoms with van der Waals surface area (Å²) in [5.74, 6) is 0. The molecule has 0 aliphatic carbocycles. The minimum absolute atomic E-state index is 1.14. The molecule has 8 aromatic rings. The Balaban J connectivity index is 1.23. The zero-order valence-corrected chi connectivity index (χ0v) is 25.5. The smallest absolute Gasteiger partial charge is 0.0490 e. The molecule has 0 aliphatic rings. The Morgan fingerprint density at radius 1 is 0.356 bits per heavy atom. The van der Waals surface area contributed by atoms with Gasteiger partial charge in [-0.05, 0) is 104 Å². The average Bonchev–Trinajstić information content (AvgIpc) is 3.10. The lowest BCUT2D eigenvalue weighted by Crippen LogP contribution is -2.11. The van der Waals surface area contributed by atoms with E-state index in [9.17, 15) is 0 Å². The summed E-state index contributed by atoms with van der Waals surface area (Å²) in [6.45, 7) is 4.37. The van der Waals surface area contributed by atoms with Crippen LogP contribution >= 0.6 is 0 Å². The summed E-state index contributed by atoms with van der Waals surface area (Å²) >= 11 is 0. The first-order chi connectivity index (χ1) is 22.1. The van der Waals surface area contributed by atoms with Crippen LogP contribution in [0.1, 0.15) is 11.1 Å². The van der Waals surface area contributed by atoms with Gasteiger partial charge in [0.2, 0.25) is 0 Å². The topological polar surface area (TPSA) is 3.24 Å². The van der Waals surface area contributed by atoms with Crippen LogP contribution in [0.15, 0.2) is 164 Å². The fourth-order valence-electron chi connectivity index (χ4n) is 6.72. The van der Waals surface area contributed by atoms with Crippen LogP contribution in [0.2, 0.25) is 0 Å². The Bertz CT molecular complexity index is 2310. The van der Waals surface area contributed by atoms with Crippen LogP contribution in [-0.4, -0.2) is 0 Å². The highest BCUT2D eigenvalue weighted by atomic mass is 15.1. The predicted molar refractivity (Wildman–Crippen MR) is 194 cm³/mol. The molecule has 0 fully saturated rings. The lowest BCUT2D eigenvalue weighted by Gasteiger charge is -2.28. The van der Waals surface area contributed by atoms with Crippen LogP contribution in [0.3, 0.4) is 0 Å². The first-order valence-corrected chi connectivity index (χ1v) is 15.6. The van der Waals surface area contributed by atoms with Gasteiger partial charge in [0.1, 0.15) is 0 Å². The quantitative estimate of drug-likeness (QED) is 0.185. The Hall–Kier alpha value is -5.66. The molecule has 0 aromatic heterocycles. The van der Waals surface area contributed by atoms with E-state index >= 15 is 0 Å². The number of hydrogen-bond donors (Lipinski definition) is 0. The summed E-state index contributed by atoms with van der Waals surface area (Å²) in [5.41, 5.74) is 10.9. The minimum Gasteiger partial charge on any atom is -0.310 e. The summed E-state index contributed by atoms with van der Waals surface area (Å²) in [6, 6.07) is 59.7. The molecule has 0 N–H and O–H groups in total. The van der Waals surface area contributed by atoms with Crippen molar-refractivity contribution in [2.75, 3.05) is 4.90 Å². The van der Waals surface area contributed by atoms with E-state index in [0.29, 0.717) is 0 Å². The standard InChI is InChI=1S/C44H33N/c1-30-12-27-44(31(2)28-30)45(38-22-17-35(18-23-38)34-15-13-33(14-16-34)32-8-4-3-5-9-32)39-24-19-37-21-25-41-40-11-7-6-10-36(40)20-26-42(41)43(37)29-39/h3-29H,1-2H3. The third-order valence-corrected chi connectivity index (χ3v) is 9.03. The second-order valence-electron chi connectivity index (χ2n) is 12.0.